The lowest BCUT2D eigenvalue weighted by molar-refractivity contribution is -0.145. The van der Waals surface area contributed by atoms with Crippen molar-refractivity contribution in [1.29, 1.82) is 0 Å². The molecule has 1 saturated carbocycles. The number of pyridine rings is 1. The first-order valence-electron chi connectivity index (χ1n) is 9.11. The maximum absolute atomic E-state index is 11.8. The Bertz CT molecular complexity index is 920. The molecule has 4 rings (SSSR count). The molecule has 8 nitrogen and oxygen atoms in total. The highest BCUT2D eigenvalue weighted by molar-refractivity contribution is 5.91. The van der Waals surface area contributed by atoms with Crippen LogP contribution in [0.25, 0.3) is 0 Å². The van der Waals surface area contributed by atoms with Gasteiger partial charge in [-0.05, 0) is 37.6 Å². The summed E-state index contributed by atoms with van der Waals surface area (Å²) in [5, 5.41) is 5.34. The molecule has 1 aromatic rings. The number of fused-ring (bicyclic) bond motifs is 2. The molecule has 28 heavy (non-hydrogen) atoms. The van der Waals surface area contributed by atoms with E-state index in [2.05, 4.69) is 22.2 Å². The summed E-state index contributed by atoms with van der Waals surface area (Å²) in [7, 11) is 0. The minimum absolute atomic E-state index is 0.00169. The van der Waals surface area contributed by atoms with Gasteiger partial charge in [-0.25, -0.2) is 9.78 Å². The van der Waals surface area contributed by atoms with Crippen LogP contribution < -0.4 is 15.4 Å². The Hall–Kier alpha value is -3.29. The zero-order chi connectivity index (χ0) is 19.8. The first-order valence-corrected chi connectivity index (χ1v) is 9.11. The number of urea groups is 1. The van der Waals surface area contributed by atoms with E-state index < -0.39 is 0 Å². The quantitative estimate of drug-likeness (QED) is 0.599. The Balaban J connectivity index is 1.42. The van der Waals surface area contributed by atoms with Crippen LogP contribution in [0.2, 0.25) is 0 Å². The second-order valence-corrected chi connectivity index (χ2v) is 6.77. The molecule has 3 aliphatic rings. The predicted molar refractivity (Wildman–Crippen MR) is 100 cm³/mol. The van der Waals surface area contributed by atoms with Gasteiger partial charge in [-0.1, -0.05) is 6.58 Å². The van der Waals surface area contributed by atoms with Crippen LogP contribution in [0.3, 0.4) is 0 Å². The van der Waals surface area contributed by atoms with E-state index in [0.717, 1.165) is 11.1 Å². The highest BCUT2D eigenvalue weighted by Crippen LogP contribution is 2.56. The lowest BCUT2D eigenvalue weighted by atomic mass is 10.1. The van der Waals surface area contributed by atoms with E-state index in [1.807, 2.05) is 6.92 Å². The number of esters is 1. The summed E-state index contributed by atoms with van der Waals surface area (Å²) in [5.74, 6) is 1.93. The molecule has 0 radical (unpaired) electrons. The summed E-state index contributed by atoms with van der Waals surface area (Å²) in [4.78, 5) is 27.4. The SMILES string of the molecule is C=C1/C(=C\C=C(/C)Oc2ccnc3c2CNC(=O)N3)O[C@H]2[C@@H]1[C@@H]2C(=O)OCC. The summed E-state index contributed by atoms with van der Waals surface area (Å²) in [6, 6.07) is 1.46. The maximum Gasteiger partial charge on any atom is 0.320 e. The highest BCUT2D eigenvalue weighted by atomic mass is 16.5. The van der Waals surface area contributed by atoms with Gasteiger partial charge in [-0.3, -0.25) is 10.1 Å². The molecular weight excluding hydrogens is 362 g/mol. The number of hydrogen-bond acceptors (Lipinski definition) is 6. The lowest BCUT2D eigenvalue weighted by Gasteiger charge is -2.20. The zero-order valence-corrected chi connectivity index (χ0v) is 15.7. The van der Waals surface area contributed by atoms with E-state index in [4.69, 9.17) is 14.2 Å². The number of carbonyl (C=O) groups is 2. The average Bonchev–Trinajstić information content (AvgIpc) is 3.29. The van der Waals surface area contributed by atoms with Crippen LogP contribution in [0.5, 0.6) is 5.75 Å². The maximum atomic E-state index is 11.8. The number of rotatable bonds is 5. The number of anilines is 1. The topological polar surface area (TPSA) is 98.8 Å². The van der Waals surface area contributed by atoms with Crippen molar-refractivity contribution in [3.05, 3.63) is 53.6 Å². The van der Waals surface area contributed by atoms with Gasteiger partial charge < -0.3 is 19.5 Å². The fourth-order valence-corrected chi connectivity index (χ4v) is 3.47. The third kappa shape index (κ3) is 3.21. The lowest BCUT2D eigenvalue weighted by Crippen LogP contribution is -2.34. The van der Waals surface area contributed by atoms with Crippen LogP contribution >= 0.6 is 0 Å². The fourth-order valence-electron chi connectivity index (χ4n) is 3.47. The van der Waals surface area contributed by atoms with Crippen molar-refractivity contribution >= 4 is 17.8 Å². The fraction of sp³-hybridized carbons (Fsp3) is 0.350. The molecular formula is C20H21N3O5. The van der Waals surface area contributed by atoms with Gasteiger partial charge in [0.15, 0.2) is 0 Å². The van der Waals surface area contributed by atoms with E-state index in [-0.39, 0.29) is 29.9 Å². The van der Waals surface area contributed by atoms with Gasteiger partial charge in [0, 0.05) is 12.1 Å². The first-order chi connectivity index (χ1) is 13.5. The minimum atomic E-state index is -0.286. The van der Waals surface area contributed by atoms with Crippen molar-refractivity contribution in [3.8, 4) is 5.75 Å². The number of hydrogen-bond donors (Lipinski definition) is 2. The monoisotopic (exact) mass is 383 g/mol. The molecule has 3 atom stereocenters. The Kier molecular flexibility index (Phi) is 4.54. The van der Waals surface area contributed by atoms with Crippen molar-refractivity contribution in [3.63, 3.8) is 0 Å². The summed E-state index contributed by atoms with van der Waals surface area (Å²) in [6.07, 6.45) is 4.98. The van der Waals surface area contributed by atoms with Crippen molar-refractivity contribution in [2.24, 2.45) is 11.8 Å². The number of aromatic nitrogens is 1. The molecule has 0 spiro atoms. The summed E-state index contributed by atoms with van der Waals surface area (Å²) < 4.78 is 16.8. The molecule has 0 bridgehead atoms. The molecule has 2 N–H and O–H groups in total. The predicted octanol–water partition coefficient (Wildman–Crippen LogP) is 2.65. The third-order valence-electron chi connectivity index (χ3n) is 4.91. The zero-order valence-electron chi connectivity index (χ0n) is 15.7. The van der Waals surface area contributed by atoms with Gasteiger partial charge in [0.25, 0.3) is 0 Å². The molecule has 1 aliphatic carbocycles. The number of nitrogens with zero attached hydrogens (tertiary/aromatic N) is 1. The van der Waals surface area contributed by atoms with Gasteiger partial charge in [0.1, 0.15) is 35.1 Å². The van der Waals surface area contributed by atoms with Crippen LogP contribution in [0.4, 0.5) is 10.6 Å². The van der Waals surface area contributed by atoms with Gasteiger partial charge in [-0.15, -0.1) is 0 Å². The largest absolute Gasteiger partial charge is 0.489 e. The second kappa shape index (κ2) is 7.03. The molecule has 0 unspecified atom stereocenters. The van der Waals surface area contributed by atoms with Gasteiger partial charge in [0.2, 0.25) is 0 Å². The van der Waals surface area contributed by atoms with Crippen LogP contribution in [0, 0.1) is 11.8 Å². The highest BCUT2D eigenvalue weighted by Gasteiger charge is 2.64. The van der Waals surface area contributed by atoms with E-state index in [1.54, 1.807) is 31.3 Å². The van der Waals surface area contributed by atoms with Gasteiger partial charge in [-0.2, -0.15) is 0 Å². The van der Waals surface area contributed by atoms with Crippen molar-refractivity contribution in [2.75, 3.05) is 11.9 Å². The van der Waals surface area contributed by atoms with E-state index in [9.17, 15) is 9.59 Å². The molecule has 0 aromatic carbocycles. The minimum Gasteiger partial charge on any atom is -0.489 e. The van der Waals surface area contributed by atoms with E-state index >= 15 is 0 Å². The van der Waals surface area contributed by atoms with Crippen LogP contribution in [0.15, 0.2) is 48.1 Å². The van der Waals surface area contributed by atoms with Crippen molar-refractivity contribution in [2.45, 2.75) is 26.5 Å². The molecule has 2 fully saturated rings. The number of carbonyl (C=O) groups excluding carboxylic acids is 2. The Morgan fingerprint density at radius 2 is 2.32 bits per heavy atom. The summed E-state index contributed by atoms with van der Waals surface area (Å²) in [6.45, 7) is 8.36. The molecule has 2 amide bonds. The van der Waals surface area contributed by atoms with Crippen LogP contribution in [-0.4, -0.2) is 29.7 Å². The number of allylic oxidation sites excluding steroid dienone is 4. The second-order valence-electron chi connectivity index (χ2n) is 6.77. The number of amides is 2. The molecule has 146 valence electrons. The molecule has 2 aliphatic heterocycles. The first kappa shape index (κ1) is 18.1. The standard InChI is InChI=1S/C20H21N3O5/c1-4-26-19(24)16-15-11(3)13(28-17(15)16)6-5-10(2)27-14-7-8-21-18-12(14)9-22-20(25)23-18/h5-8,15-17H,3-4,9H2,1-2H3,(H2,21,22,23,25)/b10-5+,13-6+/t15-,16-,17-/m0/s1. The molecule has 3 heterocycles. The van der Waals surface area contributed by atoms with Gasteiger partial charge in [0.05, 0.1) is 18.7 Å². The summed E-state index contributed by atoms with van der Waals surface area (Å²) in [5.41, 5.74) is 1.59. The van der Waals surface area contributed by atoms with Crippen molar-refractivity contribution in [1.82, 2.24) is 10.3 Å². The molecule has 1 saturated heterocycles. The number of ether oxygens (including phenoxy) is 3. The Morgan fingerprint density at radius 1 is 1.50 bits per heavy atom. The van der Waals surface area contributed by atoms with E-state index in [1.165, 1.54) is 0 Å². The van der Waals surface area contributed by atoms with Crippen LogP contribution in [-0.2, 0) is 20.8 Å². The van der Waals surface area contributed by atoms with Crippen LogP contribution in [0.1, 0.15) is 19.4 Å². The number of nitrogens with one attached hydrogen (secondary N) is 2. The van der Waals surface area contributed by atoms with Crippen molar-refractivity contribution < 1.29 is 23.8 Å². The Morgan fingerprint density at radius 3 is 3.04 bits per heavy atom. The van der Waals surface area contributed by atoms with E-state index in [0.29, 0.717) is 36.2 Å². The average molecular weight is 383 g/mol. The summed E-state index contributed by atoms with van der Waals surface area (Å²) >= 11 is 0. The smallest absolute Gasteiger partial charge is 0.320 e. The third-order valence-corrected chi connectivity index (χ3v) is 4.91. The molecule has 1 aromatic heterocycles. The normalized spacial score (nSPS) is 26.6. The molecule has 8 heteroatoms. The Labute approximate surface area is 162 Å². The van der Waals surface area contributed by atoms with Gasteiger partial charge >= 0.3 is 12.0 Å².